The first kappa shape index (κ1) is 20.2. The van der Waals surface area contributed by atoms with Gasteiger partial charge in [0.2, 0.25) is 0 Å². The first-order valence-corrected chi connectivity index (χ1v) is 10.2. The lowest BCUT2D eigenvalue weighted by molar-refractivity contribution is -0.858. The molecular weight excluding hydrogens is 373 g/mol. The molecule has 0 fully saturated rings. The number of aromatic nitrogens is 1. The minimum absolute atomic E-state index is 0.224. The lowest BCUT2D eigenvalue weighted by Gasteiger charge is -2.20. The number of quaternary nitrogens is 1. The highest BCUT2D eigenvalue weighted by atomic mass is 32.1. The van der Waals surface area contributed by atoms with E-state index in [4.69, 9.17) is 4.98 Å². The van der Waals surface area contributed by atoms with Crippen molar-refractivity contribution >= 4 is 22.4 Å². The van der Waals surface area contributed by atoms with Gasteiger partial charge in [-0.2, -0.15) is 0 Å². The molecule has 0 spiro atoms. The third-order valence-electron chi connectivity index (χ3n) is 4.45. The molecule has 3 aromatic rings. The lowest BCUT2D eigenvalue weighted by Crippen LogP contribution is -3.05. The SMILES string of the molecule is Cc1ccc(-c2csc(N(CCC[NH+](C)C)C(=O)c3cccc(F)c3)n2)cc1. The number of hydrogen-bond acceptors (Lipinski definition) is 3. The van der Waals surface area contributed by atoms with Crippen molar-refractivity contribution in [3.05, 3.63) is 70.9 Å². The molecule has 1 aromatic heterocycles. The average molecular weight is 399 g/mol. The van der Waals surface area contributed by atoms with Crippen molar-refractivity contribution in [2.45, 2.75) is 13.3 Å². The smallest absolute Gasteiger partial charge is 0.260 e. The van der Waals surface area contributed by atoms with Crippen LogP contribution >= 0.6 is 11.3 Å². The number of thiazole rings is 1. The number of rotatable bonds is 7. The predicted molar refractivity (Wildman–Crippen MR) is 113 cm³/mol. The first-order valence-electron chi connectivity index (χ1n) is 9.33. The zero-order chi connectivity index (χ0) is 20.1. The standard InChI is InChI=1S/C22H24FN3OS/c1-16-8-10-17(11-9-16)20-15-28-22(24-20)26(13-5-12-25(2)3)21(27)18-6-4-7-19(23)14-18/h4,6-11,14-15H,5,12-13H2,1-3H3/p+1. The molecular formula is C22H25FN3OS+. The van der Waals surface area contributed by atoms with Crippen LogP contribution < -0.4 is 9.80 Å². The highest BCUT2D eigenvalue weighted by Crippen LogP contribution is 2.29. The summed E-state index contributed by atoms with van der Waals surface area (Å²) < 4.78 is 13.6. The monoisotopic (exact) mass is 398 g/mol. The first-order chi connectivity index (χ1) is 13.4. The van der Waals surface area contributed by atoms with Gasteiger partial charge in [0, 0.05) is 29.5 Å². The molecule has 1 amide bonds. The molecule has 1 heterocycles. The van der Waals surface area contributed by atoms with Gasteiger partial charge in [-0.1, -0.05) is 35.9 Å². The second-order valence-corrected chi connectivity index (χ2v) is 8.00. The van der Waals surface area contributed by atoms with Gasteiger partial charge in [0.15, 0.2) is 5.13 Å². The molecule has 4 nitrogen and oxygen atoms in total. The van der Waals surface area contributed by atoms with Crippen LogP contribution in [0.25, 0.3) is 11.3 Å². The molecule has 0 saturated heterocycles. The zero-order valence-electron chi connectivity index (χ0n) is 16.4. The fourth-order valence-corrected chi connectivity index (χ4v) is 3.76. The van der Waals surface area contributed by atoms with Crippen molar-refractivity contribution in [2.75, 3.05) is 32.1 Å². The van der Waals surface area contributed by atoms with Crippen molar-refractivity contribution in [1.29, 1.82) is 0 Å². The maximum Gasteiger partial charge on any atom is 0.260 e. The van der Waals surface area contributed by atoms with E-state index in [1.165, 1.54) is 33.9 Å². The Bertz CT molecular complexity index is 937. The Kier molecular flexibility index (Phi) is 6.54. The van der Waals surface area contributed by atoms with Crippen molar-refractivity contribution in [3.8, 4) is 11.3 Å². The number of amides is 1. The van der Waals surface area contributed by atoms with Gasteiger partial charge in [-0.25, -0.2) is 9.37 Å². The molecule has 3 rings (SSSR count). The van der Waals surface area contributed by atoms with Gasteiger partial charge >= 0.3 is 0 Å². The molecule has 2 aromatic carbocycles. The molecule has 146 valence electrons. The minimum Gasteiger partial charge on any atom is -0.340 e. The fourth-order valence-electron chi connectivity index (χ4n) is 2.90. The molecule has 0 bridgehead atoms. The van der Waals surface area contributed by atoms with E-state index in [2.05, 4.69) is 14.1 Å². The highest BCUT2D eigenvalue weighted by Gasteiger charge is 2.21. The Balaban J connectivity index is 1.88. The van der Waals surface area contributed by atoms with E-state index < -0.39 is 5.82 Å². The summed E-state index contributed by atoms with van der Waals surface area (Å²) in [5, 5.41) is 2.60. The average Bonchev–Trinajstić information content (AvgIpc) is 3.15. The number of nitrogens with zero attached hydrogens (tertiary/aromatic N) is 2. The number of nitrogens with one attached hydrogen (secondary N) is 1. The molecule has 0 radical (unpaired) electrons. The van der Waals surface area contributed by atoms with E-state index in [-0.39, 0.29) is 5.91 Å². The molecule has 0 aliphatic heterocycles. The third-order valence-corrected chi connectivity index (χ3v) is 5.31. The highest BCUT2D eigenvalue weighted by molar-refractivity contribution is 7.14. The summed E-state index contributed by atoms with van der Waals surface area (Å²) in [7, 11) is 4.16. The second-order valence-electron chi connectivity index (χ2n) is 7.16. The van der Waals surface area contributed by atoms with Crippen LogP contribution in [0.1, 0.15) is 22.3 Å². The van der Waals surface area contributed by atoms with Crippen molar-refractivity contribution < 1.29 is 14.1 Å². The Morgan fingerprint density at radius 1 is 1.18 bits per heavy atom. The molecule has 6 heteroatoms. The summed E-state index contributed by atoms with van der Waals surface area (Å²) >= 11 is 1.44. The van der Waals surface area contributed by atoms with E-state index in [9.17, 15) is 9.18 Å². The zero-order valence-corrected chi connectivity index (χ0v) is 17.2. The van der Waals surface area contributed by atoms with Crippen LogP contribution in [0.4, 0.5) is 9.52 Å². The molecule has 0 saturated carbocycles. The fraction of sp³-hybridized carbons (Fsp3) is 0.273. The van der Waals surface area contributed by atoms with Gasteiger partial charge in [0.25, 0.3) is 5.91 Å². The van der Waals surface area contributed by atoms with Crippen LogP contribution in [-0.2, 0) is 0 Å². The quantitative estimate of drug-likeness (QED) is 0.662. The van der Waals surface area contributed by atoms with E-state index >= 15 is 0 Å². The minimum atomic E-state index is -0.414. The van der Waals surface area contributed by atoms with Gasteiger partial charge in [-0.15, -0.1) is 11.3 Å². The summed E-state index contributed by atoms with van der Waals surface area (Å²) in [5.74, 6) is -0.638. The van der Waals surface area contributed by atoms with E-state index in [0.29, 0.717) is 17.2 Å². The predicted octanol–water partition coefficient (Wildman–Crippen LogP) is 3.44. The number of hydrogen-bond donors (Lipinski definition) is 1. The van der Waals surface area contributed by atoms with Crippen molar-refractivity contribution in [3.63, 3.8) is 0 Å². The van der Waals surface area contributed by atoms with Crippen LogP contribution in [0.5, 0.6) is 0 Å². The van der Waals surface area contributed by atoms with Gasteiger partial charge in [0.1, 0.15) is 5.82 Å². The van der Waals surface area contributed by atoms with E-state index in [0.717, 1.165) is 24.2 Å². The number of halogens is 1. The van der Waals surface area contributed by atoms with Crippen LogP contribution in [-0.4, -0.2) is 38.1 Å². The Morgan fingerprint density at radius 3 is 2.61 bits per heavy atom. The third kappa shape index (κ3) is 5.03. The Morgan fingerprint density at radius 2 is 1.93 bits per heavy atom. The summed E-state index contributed by atoms with van der Waals surface area (Å²) in [6.45, 7) is 3.52. The number of carbonyl (C=O) groups excluding carboxylic acids is 1. The molecule has 0 aliphatic carbocycles. The van der Waals surface area contributed by atoms with Crippen LogP contribution in [0, 0.1) is 12.7 Å². The summed E-state index contributed by atoms with van der Waals surface area (Å²) in [6, 6.07) is 14.0. The van der Waals surface area contributed by atoms with Crippen LogP contribution in [0.2, 0.25) is 0 Å². The Labute approximate surface area is 169 Å². The molecule has 1 N–H and O–H groups in total. The maximum atomic E-state index is 13.6. The lowest BCUT2D eigenvalue weighted by atomic mass is 10.1. The van der Waals surface area contributed by atoms with E-state index in [1.54, 1.807) is 17.0 Å². The molecule has 28 heavy (non-hydrogen) atoms. The second kappa shape index (κ2) is 9.08. The van der Waals surface area contributed by atoms with Gasteiger partial charge in [-0.3, -0.25) is 9.69 Å². The van der Waals surface area contributed by atoms with Crippen molar-refractivity contribution in [1.82, 2.24) is 4.98 Å². The van der Waals surface area contributed by atoms with Gasteiger partial charge < -0.3 is 4.90 Å². The maximum absolute atomic E-state index is 13.6. The summed E-state index contributed by atoms with van der Waals surface area (Å²) in [6.07, 6.45) is 0.836. The Hall–Kier alpha value is -2.57. The number of aryl methyl sites for hydroxylation is 1. The summed E-state index contributed by atoms with van der Waals surface area (Å²) in [5.41, 5.74) is 3.39. The van der Waals surface area contributed by atoms with Gasteiger partial charge in [-0.05, 0) is 25.1 Å². The molecule has 0 aliphatic rings. The van der Waals surface area contributed by atoms with E-state index in [1.807, 2.05) is 36.6 Å². The number of anilines is 1. The van der Waals surface area contributed by atoms with Crippen LogP contribution in [0.3, 0.4) is 0 Å². The largest absolute Gasteiger partial charge is 0.340 e. The normalized spacial score (nSPS) is 11.0. The molecule has 0 atom stereocenters. The number of carbonyl (C=O) groups is 1. The molecule has 0 unspecified atom stereocenters. The van der Waals surface area contributed by atoms with Crippen molar-refractivity contribution in [2.24, 2.45) is 0 Å². The summed E-state index contributed by atoms with van der Waals surface area (Å²) in [4.78, 5) is 20.8. The number of benzene rings is 2. The van der Waals surface area contributed by atoms with Gasteiger partial charge in [0.05, 0.1) is 26.3 Å². The topological polar surface area (TPSA) is 37.6 Å². The van der Waals surface area contributed by atoms with Crippen LogP contribution in [0.15, 0.2) is 53.9 Å².